The Morgan fingerprint density at radius 3 is 2.58 bits per heavy atom. The number of rotatable bonds is 6. The zero-order valence-corrected chi connectivity index (χ0v) is 12.8. The van der Waals surface area contributed by atoms with E-state index in [0.717, 1.165) is 18.5 Å². The summed E-state index contributed by atoms with van der Waals surface area (Å²) in [6.07, 6.45) is 2.22. The predicted octanol–water partition coefficient (Wildman–Crippen LogP) is 4.36. The molecule has 0 aromatic heterocycles. The molecule has 0 fully saturated rings. The minimum atomic E-state index is -0.352. The summed E-state index contributed by atoms with van der Waals surface area (Å²) in [4.78, 5) is 11.5. The first-order valence-corrected chi connectivity index (χ1v) is 6.96. The van der Waals surface area contributed by atoms with Gasteiger partial charge in [-0.15, -0.1) is 0 Å². The van der Waals surface area contributed by atoms with Gasteiger partial charge in [0.05, 0.1) is 23.4 Å². The second-order valence-electron chi connectivity index (χ2n) is 5.20. The second kappa shape index (κ2) is 7.39. The molecule has 0 saturated heterocycles. The van der Waals surface area contributed by atoms with E-state index >= 15 is 0 Å². The van der Waals surface area contributed by atoms with E-state index in [1.807, 2.05) is 0 Å². The third kappa shape index (κ3) is 5.11. The molecule has 3 nitrogen and oxygen atoms in total. The van der Waals surface area contributed by atoms with Crippen molar-refractivity contribution in [1.29, 1.82) is 0 Å². The monoisotopic (exact) mass is 283 g/mol. The molecule has 1 N–H and O–H groups in total. The van der Waals surface area contributed by atoms with Gasteiger partial charge in [0.1, 0.15) is 0 Å². The molecule has 0 aliphatic heterocycles. The van der Waals surface area contributed by atoms with E-state index in [0.29, 0.717) is 22.5 Å². The van der Waals surface area contributed by atoms with Crippen molar-refractivity contribution >= 4 is 23.3 Å². The molecule has 0 radical (unpaired) electrons. The van der Waals surface area contributed by atoms with Gasteiger partial charge in [0, 0.05) is 6.04 Å². The van der Waals surface area contributed by atoms with Crippen molar-refractivity contribution in [3.8, 4) is 0 Å². The van der Waals surface area contributed by atoms with Crippen LogP contribution in [0.2, 0.25) is 5.02 Å². The topological polar surface area (TPSA) is 38.3 Å². The van der Waals surface area contributed by atoms with E-state index in [9.17, 15) is 4.79 Å². The lowest BCUT2D eigenvalue weighted by molar-refractivity contribution is 0.0601. The van der Waals surface area contributed by atoms with Gasteiger partial charge in [-0.05, 0) is 43.9 Å². The fraction of sp³-hybridized carbons (Fsp3) is 0.533. The molecule has 0 heterocycles. The molecule has 1 unspecified atom stereocenters. The maximum absolute atomic E-state index is 11.5. The van der Waals surface area contributed by atoms with Gasteiger partial charge >= 0.3 is 5.97 Å². The first-order valence-electron chi connectivity index (χ1n) is 6.58. The average Bonchev–Trinajstić information content (AvgIpc) is 2.38. The number of carbonyl (C=O) groups excluding carboxylic acids is 1. The van der Waals surface area contributed by atoms with Crippen LogP contribution in [0.5, 0.6) is 0 Å². The number of hydrogen-bond donors (Lipinski definition) is 1. The quantitative estimate of drug-likeness (QED) is 0.788. The predicted molar refractivity (Wildman–Crippen MR) is 79.9 cm³/mol. The summed E-state index contributed by atoms with van der Waals surface area (Å²) in [7, 11) is 1.37. The number of carbonyl (C=O) groups is 1. The zero-order chi connectivity index (χ0) is 14.4. The number of esters is 1. The number of hydrogen-bond acceptors (Lipinski definition) is 3. The SMILES string of the molecule is COC(=O)c1ccc(Cl)c(NC(C)CCC(C)C)c1. The fourth-order valence-electron chi connectivity index (χ4n) is 1.80. The third-order valence-electron chi connectivity index (χ3n) is 2.97. The molecule has 0 bridgehead atoms. The van der Waals surface area contributed by atoms with Crippen LogP contribution in [-0.4, -0.2) is 19.1 Å². The van der Waals surface area contributed by atoms with Crippen LogP contribution in [0.1, 0.15) is 44.0 Å². The largest absolute Gasteiger partial charge is 0.465 e. The minimum absolute atomic E-state index is 0.313. The van der Waals surface area contributed by atoms with Crippen LogP contribution in [0.4, 0.5) is 5.69 Å². The number of ether oxygens (including phenoxy) is 1. The van der Waals surface area contributed by atoms with Crippen LogP contribution < -0.4 is 5.32 Å². The molecule has 1 aromatic carbocycles. The Morgan fingerprint density at radius 1 is 1.32 bits per heavy atom. The summed E-state index contributed by atoms with van der Waals surface area (Å²) in [5.41, 5.74) is 1.28. The summed E-state index contributed by atoms with van der Waals surface area (Å²) in [6, 6.07) is 5.43. The third-order valence-corrected chi connectivity index (χ3v) is 3.30. The molecule has 0 spiro atoms. The van der Waals surface area contributed by atoms with Crippen LogP contribution >= 0.6 is 11.6 Å². The van der Waals surface area contributed by atoms with Crippen molar-refractivity contribution < 1.29 is 9.53 Å². The first kappa shape index (κ1) is 15.8. The van der Waals surface area contributed by atoms with Gasteiger partial charge in [-0.3, -0.25) is 0 Å². The van der Waals surface area contributed by atoms with E-state index in [-0.39, 0.29) is 5.97 Å². The van der Waals surface area contributed by atoms with Crippen molar-refractivity contribution in [2.75, 3.05) is 12.4 Å². The molecule has 1 rings (SSSR count). The summed E-state index contributed by atoms with van der Waals surface area (Å²) in [6.45, 7) is 6.53. The minimum Gasteiger partial charge on any atom is -0.465 e. The summed E-state index contributed by atoms with van der Waals surface area (Å²) < 4.78 is 4.71. The highest BCUT2D eigenvalue weighted by Gasteiger charge is 2.11. The van der Waals surface area contributed by atoms with Crippen molar-refractivity contribution in [3.63, 3.8) is 0 Å². The Labute approximate surface area is 120 Å². The van der Waals surface area contributed by atoms with Crippen molar-refractivity contribution in [2.24, 2.45) is 5.92 Å². The first-order chi connectivity index (χ1) is 8.93. The number of nitrogens with one attached hydrogen (secondary N) is 1. The highest BCUT2D eigenvalue weighted by atomic mass is 35.5. The van der Waals surface area contributed by atoms with E-state index in [2.05, 4.69) is 26.1 Å². The molecule has 106 valence electrons. The van der Waals surface area contributed by atoms with E-state index < -0.39 is 0 Å². The zero-order valence-electron chi connectivity index (χ0n) is 12.0. The van der Waals surface area contributed by atoms with E-state index in [4.69, 9.17) is 16.3 Å². The number of benzene rings is 1. The number of anilines is 1. The molecule has 4 heteroatoms. The molecule has 1 atom stereocenters. The Bertz CT molecular complexity index is 432. The van der Waals surface area contributed by atoms with E-state index in [1.54, 1.807) is 18.2 Å². The van der Waals surface area contributed by atoms with Crippen LogP contribution in [0, 0.1) is 5.92 Å². The lowest BCUT2D eigenvalue weighted by Gasteiger charge is -2.17. The molecular formula is C15H22ClNO2. The van der Waals surface area contributed by atoms with Gasteiger partial charge in [-0.2, -0.15) is 0 Å². The van der Waals surface area contributed by atoms with Crippen molar-refractivity contribution in [2.45, 2.75) is 39.7 Å². The van der Waals surface area contributed by atoms with Crippen molar-refractivity contribution in [1.82, 2.24) is 0 Å². The van der Waals surface area contributed by atoms with E-state index in [1.165, 1.54) is 7.11 Å². The van der Waals surface area contributed by atoms with Crippen LogP contribution in [0.15, 0.2) is 18.2 Å². The van der Waals surface area contributed by atoms with Crippen LogP contribution in [-0.2, 0) is 4.74 Å². The maximum Gasteiger partial charge on any atom is 0.337 e. The Balaban J connectivity index is 2.73. The van der Waals surface area contributed by atoms with Gasteiger partial charge < -0.3 is 10.1 Å². The Kier molecular flexibility index (Phi) is 6.16. The highest BCUT2D eigenvalue weighted by Crippen LogP contribution is 2.25. The standard InChI is InChI=1S/C15H22ClNO2/c1-10(2)5-6-11(3)17-14-9-12(15(18)19-4)7-8-13(14)16/h7-11,17H,5-6H2,1-4H3. The molecular weight excluding hydrogens is 262 g/mol. The molecule has 1 aromatic rings. The molecule has 0 aliphatic carbocycles. The Morgan fingerprint density at radius 2 is 2.00 bits per heavy atom. The van der Waals surface area contributed by atoms with Crippen LogP contribution in [0.25, 0.3) is 0 Å². The lowest BCUT2D eigenvalue weighted by atomic mass is 10.0. The number of methoxy groups -OCH3 is 1. The van der Waals surface area contributed by atoms with Gasteiger partial charge in [-0.25, -0.2) is 4.79 Å². The fourth-order valence-corrected chi connectivity index (χ4v) is 1.97. The number of halogens is 1. The smallest absolute Gasteiger partial charge is 0.337 e. The summed E-state index contributed by atoms with van der Waals surface area (Å²) in [5.74, 6) is 0.329. The lowest BCUT2D eigenvalue weighted by Crippen LogP contribution is -2.16. The van der Waals surface area contributed by atoms with Gasteiger partial charge in [0.2, 0.25) is 0 Å². The molecule has 19 heavy (non-hydrogen) atoms. The normalized spacial score (nSPS) is 12.3. The Hall–Kier alpha value is -1.22. The maximum atomic E-state index is 11.5. The molecule has 0 aliphatic rings. The molecule has 0 saturated carbocycles. The second-order valence-corrected chi connectivity index (χ2v) is 5.61. The molecule has 0 amide bonds. The van der Waals surface area contributed by atoms with Gasteiger partial charge in [0.15, 0.2) is 0 Å². The highest BCUT2D eigenvalue weighted by molar-refractivity contribution is 6.33. The van der Waals surface area contributed by atoms with Crippen LogP contribution in [0.3, 0.4) is 0 Å². The summed E-state index contributed by atoms with van der Waals surface area (Å²) in [5, 5.41) is 3.96. The van der Waals surface area contributed by atoms with Gasteiger partial charge in [0.25, 0.3) is 0 Å². The van der Waals surface area contributed by atoms with Crippen molar-refractivity contribution in [3.05, 3.63) is 28.8 Å². The summed E-state index contributed by atoms with van der Waals surface area (Å²) >= 11 is 6.14. The average molecular weight is 284 g/mol. The van der Waals surface area contributed by atoms with Gasteiger partial charge in [-0.1, -0.05) is 25.4 Å².